The third-order valence-corrected chi connectivity index (χ3v) is 6.46. The first-order valence-electron chi connectivity index (χ1n) is 11.4. The monoisotopic (exact) mass is 529 g/mol. The number of hydrogen-bond donors (Lipinski definition) is 10. The van der Waals surface area contributed by atoms with Gasteiger partial charge < -0.3 is 75.0 Å². The van der Waals surface area contributed by atoms with Crippen LogP contribution in [0.1, 0.15) is 13.8 Å². The molecular weight excluding hydrogens is 494 g/mol. The van der Waals surface area contributed by atoms with Crippen molar-refractivity contribution in [2.75, 3.05) is 13.2 Å². The van der Waals surface area contributed by atoms with Gasteiger partial charge in [-0.3, -0.25) is 4.79 Å². The number of nitrogens with one attached hydrogen (secondary N) is 1. The highest BCUT2D eigenvalue weighted by atomic mass is 16.8. The fourth-order valence-electron chi connectivity index (χ4n) is 4.39. The summed E-state index contributed by atoms with van der Waals surface area (Å²) in [5.74, 6) is -0.616. The Hall–Kier alpha value is -1.09. The SMILES string of the molecule is CC(=O)N[C@H]1[C@H](O)[C@@H](O[C@H]2O[C@@H](CO)[C@@H](O)[C@@H](O)[C@@H]2O[C@H]2O[C@H](C)[C@H](O)[C@H](O)[C@H]2O)[C@H](CO)O[C@@H]1O. The van der Waals surface area contributed by atoms with Gasteiger partial charge >= 0.3 is 0 Å². The maximum atomic E-state index is 11.5. The second kappa shape index (κ2) is 12.2. The van der Waals surface area contributed by atoms with Gasteiger partial charge in [0.1, 0.15) is 67.1 Å². The van der Waals surface area contributed by atoms with E-state index in [4.69, 9.17) is 23.7 Å². The van der Waals surface area contributed by atoms with Crippen LogP contribution in [-0.2, 0) is 28.5 Å². The van der Waals surface area contributed by atoms with Gasteiger partial charge in [-0.25, -0.2) is 0 Å². The summed E-state index contributed by atoms with van der Waals surface area (Å²) in [6.07, 6.45) is -22.1. The van der Waals surface area contributed by atoms with Crippen molar-refractivity contribution in [3.63, 3.8) is 0 Å². The Morgan fingerprint density at radius 1 is 0.722 bits per heavy atom. The zero-order valence-electron chi connectivity index (χ0n) is 19.5. The molecule has 0 aromatic heterocycles. The smallest absolute Gasteiger partial charge is 0.217 e. The lowest BCUT2D eigenvalue weighted by Gasteiger charge is -2.48. The molecule has 0 aliphatic carbocycles. The van der Waals surface area contributed by atoms with Gasteiger partial charge in [0, 0.05) is 6.92 Å². The summed E-state index contributed by atoms with van der Waals surface area (Å²) in [7, 11) is 0. The Balaban J connectivity index is 1.86. The van der Waals surface area contributed by atoms with Crippen molar-refractivity contribution in [3.05, 3.63) is 0 Å². The standard InChI is InChI=1S/C20H35NO15/c1-5-10(25)13(28)15(30)19(32-5)36-17-14(29)11(26)7(3-22)34-20(17)35-16-8(4-23)33-18(31)9(12(16)27)21-6(2)24/h5,7-20,22-23,25-31H,3-4H2,1-2H3,(H,21,24)/t5-,7+,8+,9+,10+,11-,12+,13+,14-,15-,16+,17+,18+,19-,20-/m1/s1. The predicted molar refractivity (Wildman–Crippen MR) is 111 cm³/mol. The van der Waals surface area contributed by atoms with Gasteiger partial charge in [-0.1, -0.05) is 0 Å². The molecule has 0 bridgehead atoms. The predicted octanol–water partition coefficient (Wildman–Crippen LogP) is -6.40. The number of aliphatic hydroxyl groups is 9. The zero-order valence-corrected chi connectivity index (χ0v) is 19.5. The van der Waals surface area contributed by atoms with Crippen LogP contribution in [0.4, 0.5) is 0 Å². The highest BCUT2D eigenvalue weighted by Gasteiger charge is 2.53. The molecule has 36 heavy (non-hydrogen) atoms. The first-order valence-corrected chi connectivity index (χ1v) is 11.4. The lowest BCUT2D eigenvalue weighted by Crippen LogP contribution is -2.68. The summed E-state index contributed by atoms with van der Waals surface area (Å²) in [4.78, 5) is 11.5. The second-order valence-electron chi connectivity index (χ2n) is 9.05. The Bertz CT molecular complexity index is 731. The summed E-state index contributed by atoms with van der Waals surface area (Å²) in [5.41, 5.74) is 0. The maximum absolute atomic E-state index is 11.5. The molecule has 0 spiro atoms. The van der Waals surface area contributed by atoms with Crippen LogP contribution in [0.5, 0.6) is 0 Å². The van der Waals surface area contributed by atoms with Crippen molar-refractivity contribution >= 4 is 5.91 Å². The third-order valence-electron chi connectivity index (χ3n) is 6.46. The number of carbonyl (C=O) groups is 1. The van der Waals surface area contributed by atoms with Gasteiger partial charge in [-0.2, -0.15) is 0 Å². The zero-order chi connectivity index (χ0) is 26.9. The van der Waals surface area contributed by atoms with Gasteiger partial charge in [-0.05, 0) is 6.92 Å². The lowest BCUT2D eigenvalue weighted by atomic mass is 9.95. The van der Waals surface area contributed by atoms with Crippen molar-refractivity contribution in [3.8, 4) is 0 Å². The maximum Gasteiger partial charge on any atom is 0.217 e. The van der Waals surface area contributed by atoms with Gasteiger partial charge in [0.05, 0.1) is 19.3 Å². The van der Waals surface area contributed by atoms with Crippen LogP contribution in [-0.4, -0.2) is 157 Å². The van der Waals surface area contributed by atoms with Crippen molar-refractivity contribution in [1.82, 2.24) is 5.32 Å². The first kappa shape index (κ1) is 29.5. The molecule has 0 radical (unpaired) electrons. The average Bonchev–Trinajstić information content (AvgIpc) is 2.84. The molecule has 0 aromatic carbocycles. The molecule has 3 rings (SSSR count). The largest absolute Gasteiger partial charge is 0.394 e. The molecule has 3 heterocycles. The van der Waals surface area contributed by atoms with Crippen molar-refractivity contribution in [2.24, 2.45) is 0 Å². The Morgan fingerprint density at radius 3 is 1.92 bits per heavy atom. The van der Waals surface area contributed by atoms with E-state index in [1.807, 2.05) is 0 Å². The minimum Gasteiger partial charge on any atom is -0.394 e. The topological polar surface area (TPSA) is 257 Å². The molecule has 15 atom stereocenters. The summed E-state index contributed by atoms with van der Waals surface area (Å²) in [6.45, 7) is 0.997. The highest BCUT2D eigenvalue weighted by molar-refractivity contribution is 5.73. The van der Waals surface area contributed by atoms with Gasteiger partial charge in [-0.15, -0.1) is 0 Å². The van der Waals surface area contributed by atoms with Crippen LogP contribution < -0.4 is 5.32 Å². The number of ether oxygens (including phenoxy) is 5. The molecule has 3 aliphatic rings. The van der Waals surface area contributed by atoms with Gasteiger partial charge in [0.15, 0.2) is 18.9 Å². The van der Waals surface area contributed by atoms with Crippen LogP contribution in [0.25, 0.3) is 0 Å². The summed E-state index contributed by atoms with van der Waals surface area (Å²) in [6, 6.07) is -1.39. The van der Waals surface area contributed by atoms with E-state index < -0.39 is 111 Å². The van der Waals surface area contributed by atoms with Gasteiger partial charge in [0.25, 0.3) is 0 Å². The number of hydrogen-bond acceptors (Lipinski definition) is 15. The molecule has 0 saturated carbocycles. The molecule has 210 valence electrons. The second-order valence-corrected chi connectivity index (χ2v) is 9.05. The molecule has 1 amide bonds. The first-order chi connectivity index (χ1) is 16.9. The number of aliphatic hydroxyl groups excluding tert-OH is 9. The van der Waals surface area contributed by atoms with Crippen LogP contribution in [0.15, 0.2) is 0 Å². The summed E-state index contributed by atoms with van der Waals surface area (Å²) in [5, 5.41) is 93.8. The number of amides is 1. The molecular formula is C20H35NO15. The van der Waals surface area contributed by atoms with E-state index in [9.17, 15) is 50.8 Å². The van der Waals surface area contributed by atoms with E-state index in [1.165, 1.54) is 6.92 Å². The third kappa shape index (κ3) is 5.97. The van der Waals surface area contributed by atoms with Crippen molar-refractivity contribution < 1.29 is 74.4 Å². The molecule has 3 fully saturated rings. The van der Waals surface area contributed by atoms with Crippen LogP contribution >= 0.6 is 0 Å². The fraction of sp³-hybridized carbons (Fsp3) is 0.950. The van der Waals surface area contributed by atoms with E-state index in [0.717, 1.165) is 6.92 Å². The molecule has 3 aliphatic heterocycles. The van der Waals surface area contributed by atoms with Crippen LogP contribution in [0, 0.1) is 0 Å². The van der Waals surface area contributed by atoms with Gasteiger partial charge in [0.2, 0.25) is 5.91 Å². The molecule has 0 aromatic rings. The van der Waals surface area contributed by atoms with Crippen molar-refractivity contribution in [1.29, 1.82) is 0 Å². The molecule has 10 N–H and O–H groups in total. The Morgan fingerprint density at radius 2 is 1.33 bits per heavy atom. The number of rotatable bonds is 7. The van der Waals surface area contributed by atoms with E-state index in [-0.39, 0.29) is 0 Å². The normalized spacial score (nSPS) is 50.0. The van der Waals surface area contributed by atoms with E-state index in [1.54, 1.807) is 0 Å². The Kier molecular flexibility index (Phi) is 9.97. The van der Waals surface area contributed by atoms with E-state index in [2.05, 4.69) is 5.32 Å². The summed E-state index contributed by atoms with van der Waals surface area (Å²) < 4.78 is 27.5. The van der Waals surface area contributed by atoms with Crippen LogP contribution in [0.2, 0.25) is 0 Å². The fourth-order valence-corrected chi connectivity index (χ4v) is 4.39. The van der Waals surface area contributed by atoms with E-state index in [0.29, 0.717) is 0 Å². The quantitative estimate of drug-likeness (QED) is 0.147. The molecule has 16 heteroatoms. The summed E-state index contributed by atoms with van der Waals surface area (Å²) >= 11 is 0. The highest BCUT2D eigenvalue weighted by Crippen LogP contribution is 2.32. The average molecular weight is 529 g/mol. The minimum atomic E-state index is -1.82. The number of carbonyl (C=O) groups excluding carboxylic acids is 1. The van der Waals surface area contributed by atoms with Crippen LogP contribution in [0.3, 0.4) is 0 Å². The lowest BCUT2D eigenvalue weighted by molar-refractivity contribution is -0.382. The minimum absolute atomic E-state index is 0.616. The van der Waals surface area contributed by atoms with E-state index >= 15 is 0 Å². The van der Waals surface area contributed by atoms with Crippen molar-refractivity contribution in [2.45, 2.75) is 106 Å². The molecule has 3 saturated heterocycles. The molecule has 16 nitrogen and oxygen atoms in total. The molecule has 0 unspecified atom stereocenters. The Labute approximate surface area is 205 Å².